The summed E-state index contributed by atoms with van der Waals surface area (Å²) < 4.78 is 18.0. The minimum atomic E-state index is -1.09. The highest BCUT2D eigenvalue weighted by atomic mass is 19.1. The van der Waals surface area contributed by atoms with Crippen molar-refractivity contribution in [3.8, 4) is 0 Å². The summed E-state index contributed by atoms with van der Waals surface area (Å²) in [6.07, 6.45) is 1.17. The molecule has 0 radical (unpaired) electrons. The summed E-state index contributed by atoms with van der Waals surface area (Å²) >= 11 is 0. The number of hydrogen-bond donors (Lipinski definition) is 2. The van der Waals surface area contributed by atoms with E-state index in [2.05, 4.69) is 10.3 Å². The van der Waals surface area contributed by atoms with Gasteiger partial charge in [0.25, 0.3) is 5.91 Å². The molecule has 0 fully saturated rings. The molecule has 0 saturated heterocycles. The number of methoxy groups -OCH3 is 1. The molecule has 0 saturated carbocycles. The molecule has 1 amide bonds. The molecule has 0 aliphatic heterocycles. The van der Waals surface area contributed by atoms with Crippen LogP contribution in [0, 0.1) is 5.82 Å². The van der Waals surface area contributed by atoms with E-state index in [4.69, 9.17) is 4.74 Å². The van der Waals surface area contributed by atoms with Crippen molar-refractivity contribution in [3.63, 3.8) is 0 Å². The van der Waals surface area contributed by atoms with Gasteiger partial charge >= 0.3 is 5.97 Å². The Labute approximate surface area is 127 Å². The number of aromatic amines is 1. The maximum atomic E-state index is 13.2. The Kier molecular flexibility index (Phi) is 4.49. The van der Waals surface area contributed by atoms with Gasteiger partial charge in [0.2, 0.25) is 0 Å². The van der Waals surface area contributed by atoms with Crippen molar-refractivity contribution in [3.05, 3.63) is 35.8 Å². The number of halogens is 1. The van der Waals surface area contributed by atoms with E-state index in [1.807, 2.05) is 6.92 Å². The second-order valence-electron chi connectivity index (χ2n) is 5.44. The van der Waals surface area contributed by atoms with Crippen molar-refractivity contribution < 1.29 is 18.7 Å². The third-order valence-corrected chi connectivity index (χ3v) is 3.60. The summed E-state index contributed by atoms with van der Waals surface area (Å²) in [5.74, 6) is -1.30. The Bertz CT molecular complexity index is 710. The van der Waals surface area contributed by atoms with Crippen LogP contribution in [0.15, 0.2) is 24.3 Å². The molecule has 5 nitrogen and oxygen atoms in total. The average Bonchev–Trinajstić information content (AvgIpc) is 2.89. The van der Waals surface area contributed by atoms with Crippen molar-refractivity contribution in [1.82, 2.24) is 10.3 Å². The van der Waals surface area contributed by atoms with E-state index in [-0.39, 0.29) is 11.5 Å². The monoisotopic (exact) mass is 306 g/mol. The normalized spacial score (nSPS) is 13.6. The zero-order valence-corrected chi connectivity index (χ0v) is 12.8. The van der Waals surface area contributed by atoms with Gasteiger partial charge in [-0.15, -0.1) is 0 Å². The Hall–Kier alpha value is -2.37. The van der Waals surface area contributed by atoms with E-state index in [0.29, 0.717) is 23.7 Å². The lowest BCUT2D eigenvalue weighted by atomic mass is 9.96. The van der Waals surface area contributed by atoms with Crippen molar-refractivity contribution in [1.29, 1.82) is 0 Å². The summed E-state index contributed by atoms with van der Waals surface area (Å²) in [6, 6.07) is 5.77. The Balaban J connectivity index is 2.27. The predicted molar refractivity (Wildman–Crippen MR) is 81.1 cm³/mol. The summed E-state index contributed by atoms with van der Waals surface area (Å²) in [4.78, 5) is 27.2. The number of esters is 1. The maximum Gasteiger partial charge on any atom is 0.331 e. The molecule has 1 aromatic heterocycles. The standard InChI is InChI=1S/C16H19FN2O3/c1-4-7-16(2,15(21)22-3)19-14(20)13-9-10-8-11(17)5-6-12(10)18-13/h5-6,8-9,18H,4,7H2,1-3H3,(H,19,20). The third kappa shape index (κ3) is 3.10. The summed E-state index contributed by atoms with van der Waals surface area (Å²) in [5.41, 5.74) is -0.169. The SMILES string of the molecule is CCCC(C)(NC(=O)c1cc2cc(F)ccc2[nH]1)C(=O)OC. The van der Waals surface area contributed by atoms with E-state index in [1.54, 1.807) is 19.1 Å². The highest BCUT2D eigenvalue weighted by molar-refractivity contribution is 6.00. The van der Waals surface area contributed by atoms with Gasteiger partial charge in [-0.25, -0.2) is 9.18 Å². The zero-order valence-electron chi connectivity index (χ0n) is 12.8. The fourth-order valence-electron chi connectivity index (χ4n) is 2.48. The lowest BCUT2D eigenvalue weighted by molar-refractivity contribution is -0.147. The number of ether oxygens (including phenoxy) is 1. The van der Waals surface area contributed by atoms with Gasteiger partial charge in [-0.2, -0.15) is 0 Å². The molecule has 2 rings (SSSR count). The summed E-state index contributed by atoms with van der Waals surface area (Å²) in [6.45, 7) is 3.54. The Morgan fingerprint density at radius 1 is 1.36 bits per heavy atom. The Morgan fingerprint density at radius 2 is 2.09 bits per heavy atom. The molecule has 0 aliphatic rings. The second-order valence-corrected chi connectivity index (χ2v) is 5.44. The molecule has 0 spiro atoms. The van der Waals surface area contributed by atoms with E-state index < -0.39 is 17.4 Å². The number of amides is 1. The molecule has 0 bridgehead atoms. The number of H-pyrrole nitrogens is 1. The zero-order chi connectivity index (χ0) is 16.3. The first-order valence-corrected chi connectivity index (χ1v) is 7.09. The molecule has 2 N–H and O–H groups in total. The molecule has 1 atom stereocenters. The lowest BCUT2D eigenvalue weighted by Gasteiger charge is -2.27. The number of carbonyl (C=O) groups is 2. The van der Waals surface area contributed by atoms with Crippen molar-refractivity contribution in [2.75, 3.05) is 7.11 Å². The van der Waals surface area contributed by atoms with Crippen LogP contribution < -0.4 is 5.32 Å². The number of carbonyl (C=O) groups excluding carboxylic acids is 2. The maximum absolute atomic E-state index is 13.2. The molecule has 0 aliphatic carbocycles. The van der Waals surface area contributed by atoms with Crippen LogP contribution in [0.4, 0.5) is 4.39 Å². The molecule has 6 heteroatoms. The van der Waals surface area contributed by atoms with Gasteiger partial charge in [0, 0.05) is 10.9 Å². The van der Waals surface area contributed by atoms with Crippen molar-refractivity contribution in [2.24, 2.45) is 0 Å². The summed E-state index contributed by atoms with van der Waals surface area (Å²) in [5, 5.41) is 3.30. The van der Waals surface area contributed by atoms with Gasteiger partial charge < -0.3 is 15.0 Å². The minimum Gasteiger partial charge on any atom is -0.467 e. The van der Waals surface area contributed by atoms with Crippen LogP contribution in [0.2, 0.25) is 0 Å². The number of hydrogen-bond acceptors (Lipinski definition) is 3. The molecule has 2 aromatic rings. The second kappa shape index (κ2) is 6.17. The van der Waals surface area contributed by atoms with Crippen LogP contribution in [0.25, 0.3) is 10.9 Å². The van der Waals surface area contributed by atoms with Gasteiger partial charge in [-0.05, 0) is 37.6 Å². The van der Waals surface area contributed by atoms with Crippen LogP contribution in [-0.2, 0) is 9.53 Å². The highest BCUT2D eigenvalue weighted by Crippen LogP contribution is 2.19. The van der Waals surface area contributed by atoms with Gasteiger partial charge in [-0.1, -0.05) is 13.3 Å². The van der Waals surface area contributed by atoms with Crippen molar-refractivity contribution in [2.45, 2.75) is 32.2 Å². The number of fused-ring (bicyclic) bond motifs is 1. The molecule has 1 heterocycles. The first-order chi connectivity index (χ1) is 10.4. The van der Waals surface area contributed by atoms with Crippen LogP contribution in [0.5, 0.6) is 0 Å². The van der Waals surface area contributed by atoms with E-state index in [9.17, 15) is 14.0 Å². The highest BCUT2D eigenvalue weighted by Gasteiger charge is 2.35. The Morgan fingerprint density at radius 3 is 2.73 bits per heavy atom. The van der Waals surface area contributed by atoms with E-state index >= 15 is 0 Å². The van der Waals surface area contributed by atoms with Gasteiger partial charge in [0.05, 0.1) is 7.11 Å². The van der Waals surface area contributed by atoms with E-state index in [0.717, 1.165) is 0 Å². The third-order valence-electron chi connectivity index (χ3n) is 3.60. The number of benzene rings is 1. The van der Waals surface area contributed by atoms with Gasteiger partial charge in [0.1, 0.15) is 17.1 Å². The smallest absolute Gasteiger partial charge is 0.331 e. The quantitative estimate of drug-likeness (QED) is 0.834. The lowest BCUT2D eigenvalue weighted by Crippen LogP contribution is -2.52. The minimum absolute atomic E-state index is 0.270. The summed E-state index contributed by atoms with van der Waals surface area (Å²) in [7, 11) is 1.29. The van der Waals surface area contributed by atoms with Crippen LogP contribution in [-0.4, -0.2) is 29.5 Å². The first-order valence-electron chi connectivity index (χ1n) is 7.09. The van der Waals surface area contributed by atoms with Crippen molar-refractivity contribution >= 4 is 22.8 Å². The van der Waals surface area contributed by atoms with Crippen LogP contribution in [0.1, 0.15) is 37.2 Å². The van der Waals surface area contributed by atoms with Gasteiger partial charge in [-0.3, -0.25) is 4.79 Å². The van der Waals surface area contributed by atoms with E-state index in [1.165, 1.54) is 19.2 Å². The fraction of sp³-hybridized carbons (Fsp3) is 0.375. The fourth-order valence-corrected chi connectivity index (χ4v) is 2.48. The topological polar surface area (TPSA) is 71.2 Å². The number of nitrogens with one attached hydrogen (secondary N) is 2. The molecule has 1 unspecified atom stereocenters. The molecule has 22 heavy (non-hydrogen) atoms. The molecular weight excluding hydrogens is 287 g/mol. The van der Waals surface area contributed by atoms with Crippen LogP contribution in [0.3, 0.4) is 0 Å². The molecule has 1 aromatic carbocycles. The largest absolute Gasteiger partial charge is 0.467 e. The van der Waals surface area contributed by atoms with Crippen LogP contribution >= 0.6 is 0 Å². The first kappa shape index (κ1) is 16.0. The number of rotatable bonds is 5. The molecular formula is C16H19FN2O3. The molecule has 118 valence electrons. The van der Waals surface area contributed by atoms with Gasteiger partial charge in [0.15, 0.2) is 0 Å². The predicted octanol–water partition coefficient (Wildman–Crippen LogP) is 2.77. The number of aromatic nitrogens is 1. The average molecular weight is 306 g/mol.